The van der Waals surface area contributed by atoms with Gasteiger partial charge in [-0.3, -0.25) is 4.79 Å². The second-order valence-corrected chi connectivity index (χ2v) is 7.39. The number of carbonyl (C=O) groups is 2. The van der Waals surface area contributed by atoms with Gasteiger partial charge in [-0.05, 0) is 52.9 Å². The zero-order chi connectivity index (χ0) is 16.3. The number of rotatable bonds is 0. The van der Waals surface area contributed by atoms with Crippen LogP contribution < -0.4 is 5.32 Å². The SMILES string of the molecule is CC1CC=C2CCN(C(=O)OC(C)(C)C)CCC2CC(=O)N1. The van der Waals surface area contributed by atoms with Gasteiger partial charge in [0.2, 0.25) is 5.91 Å². The van der Waals surface area contributed by atoms with E-state index in [0.29, 0.717) is 19.5 Å². The molecule has 1 fully saturated rings. The fourth-order valence-electron chi connectivity index (χ4n) is 3.03. The Kier molecular flexibility index (Phi) is 5.14. The summed E-state index contributed by atoms with van der Waals surface area (Å²) in [5.41, 5.74) is 0.854. The predicted molar refractivity (Wildman–Crippen MR) is 85.5 cm³/mol. The van der Waals surface area contributed by atoms with Crippen LogP contribution in [0.5, 0.6) is 0 Å². The topological polar surface area (TPSA) is 58.6 Å². The summed E-state index contributed by atoms with van der Waals surface area (Å²) < 4.78 is 5.46. The third kappa shape index (κ3) is 4.75. The average Bonchev–Trinajstić information content (AvgIpc) is 2.55. The van der Waals surface area contributed by atoms with Crippen LogP contribution in [0.2, 0.25) is 0 Å². The third-order valence-corrected chi connectivity index (χ3v) is 4.17. The second kappa shape index (κ2) is 6.71. The predicted octanol–water partition coefficient (Wildman–Crippen LogP) is 2.86. The molecular formula is C17H28N2O3. The number of hydrogen-bond acceptors (Lipinski definition) is 3. The van der Waals surface area contributed by atoms with Crippen LogP contribution in [0, 0.1) is 5.92 Å². The van der Waals surface area contributed by atoms with E-state index in [1.54, 1.807) is 4.90 Å². The van der Waals surface area contributed by atoms with Gasteiger partial charge in [-0.2, -0.15) is 0 Å². The van der Waals surface area contributed by atoms with Crippen LogP contribution in [0.25, 0.3) is 0 Å². The number of ether oxygens (including phenoxy) is 1. The zero-order valence-corrected chi connectivity index (χ0v) is 14.1. The summed E-state index contributed by atoms with van der Waals surface area (Å²) in [5.74, 6) is 0.369. The van der Waals surface area contributed by atoms with Crippen molar-refractivity contribution in [3.63, 3.8) is 0 Å². The molecule has 2 unspecified atom stereocenters. The number of nitrogens with zero attached hydrogens (tertiary/aromatic N) is 1. The number of carbonyl (C=O) groups excluding carboxylic acids is 2. The Morgan fingerprint density at radius 3 is 2.77 bits per heavy atom. The maximum atomic E-state index is 12.2. The Bertz CT molecular complexity index is 465. The van der Waals surface area contributed by atoms with Crippen molar-refractivity contribution in [2.45, 2.75) is 65.0 Å². The monoisotopic (exact) mass is 308 g/mol. The number of likely N-dealkylation sites (tertiary alicyclic amines) is 1. The molecule has 2 rings (SSSR count). The van der Waals surface area contributed by atoms with Gasteiger partial charge in [-0.15, -0.1) is 0 Å². The molecule has 1 saturated heterocycles. The van der Waals surface area contributed by atoms with Gasteiger partial charge in [0.1, 0.15) is 5.60 Å². The molecule has 2 atom stereocenters. The van der Waals surface area contributed by atoms with E-state index < -0.39 is 5.60 Å². The van der Waals surface area contributed by atoms with Crippen molar-refractivity contribution in [2.75, 3.05) is 13.1 Å². The van der Waals surface area contributed by atoms with E-state index >= 15 is 0 Å². The van der Waals surface area contributed by atoms with Crippen LogP contribution in [0.15, 0.2) is 11.6 Å². The molecule has 0 spiro atoms. The van der Waals surface area contributed by atoms with Crippen LogP contribution in [0.4, 0.5) is 4.79 Å². The Morgan fingerprint density at radius 1 is 1.36 bits per heavy atom. The molecule has 0 aromatic heterocycles. The van der Waals surface area contributed by atoms with Crippen molar-refractivity contribution >= 4 is 12.0 Å². The summed E-state index contributed by atoms with van der Waals surface area (Å²) in [6.07, 6.45) is 5.06. The molecule has 0 saturated carbocycles. The molecule has 2 aliphatic heterocycles. The largest absolute Gasteiger partial charge is 0.444 e. The van der Waals surface area contributed by atoms with Crippen LogP contribution >= 0.6 is 0 Å². The summed E-state index contributed by atoms with van der Waals surface area (Å²) in [4.78, 5) is 26.0. The summed E-state index contributed by atoms with van der Waals surface area (Å²) in [7, 11) is 0. The standard InChI is InChI=1S/C17H28N2O3/c1-12-5-6-13-7-9-19(16(21)22-17(2,3)4)10-8-14(13)11-15(20)18-12/h6,12,14H,5,7-11H2,1-4H3,(H,18,20). The summed E-state index contributed by atoms with van der Waals surface area (Å²) in [5, 5.41) is 3.01. The highest BCUT2D eigenvalue weighted by molar-refractivity contribution is 5.77. The Morgan fingerprint density at radius 2 is 2.09 bits per heavy atom. The quantitative estimate of drug-likeness (QED) is 0.700. The molecule has 22 heavy (non-hydrogen) atoms. The van der Waals surface area contributed by atoms with E-state index in [1.807, 2.05) is 27.7 Å². The van der Waals surface area contributed by atoms with Crippen molar-refractivity contribution in [1.82, 2.24) is 10.2 Å². The van der Waals surface area contributed by atoms with Crippen molar-refractivity contribution in [1.29, 1.82) is 0 Å². The molecule has 5 nitrogen and oxygen atoms in total. The van der Waals surface area contributed by atoms with E-state index in [2.05, 4.69) is 11.4 Å². The molecule has 5 heteroatoms. The van der Waals surface area contributed by atoms with Gasteiger partial charge < -0.3 is 15.0 Å². The molecule has 2 heterocycles. The van der Waals surface area contributed by atoms with Gasteiger partial charge in [-0.1, -0.05) is 11.6 Å². The Balaban J connectivity index is 2.04. The fourth-order valence-corrected chi connectivity index (χ4v) is 3.03. The lowest BCUT2D eigenvalue weighted by Crippen LogP contribution is -2.37. The second-order valence-electron chi connectivity index (χ2n) is 7.39. The smallest absolute Gasteiger partial charge is 0.410 e. The van der Waals surface area contributed by atoms with Crippen molar-refractivity contribution in [3.8, 4) is 0 Å². The Labute approximate surface area is 133 Å². The van der Waals surface area contributed by atoms with E-state index in [4.69, 9.17) is 4.74 Å². The number of amides is 2. The molecule has 0 aromatic carbocycles. The molecule has 124 valence electrons. The van der Waals surface area contributed by atoms with Gasteiger partial charge >= 0.3 is 6.09 Å². The first-order valence-electron chi connectivity index (χ1n) is 8.21. The highest BCUT2D eigenvalue weighted by Crippen LogP contribution is 2.29. The lowest BCUT2D eigenvalue weighted by atomic mass is 9.88. The van der Waals surface area contributed by atoms with Gasteiger partial charge in [0.25, 0.3) is 0 Å². The first-order valence-corrected chi connectivity index (χ1v) is 8.21. The van der Waals surface area contributed by atoms with Gasteiger partial charge in [-0.25, -0.2) is 4.79 Å². The molecule has 0 aromatic rings. The third-order valence-electron chi connectivity index (χ3n) is 4.17. The first kappa shape index (κ1) is 16.8. The first-order chi connectivity index (χ1) is 10.2. The van der Waals surface area contributed by atoms with Gasteiger partial charge in [0, 0.05) is 25.6 Å². The van der Waals surface area contributed by atoms with Gasteiger partial charge in [0.05, 0.1) is 0 Å². The molecule has 0 aliphatic carbocycles. The van der Waals surface area contributed by atoms with E-state index in [-0.39, 0.29) is 24.0 Å². The highest BCUT2D eigenvalue weighted by Gasteiger charge is 2.29. The molecule has 1 N–H and O–H groups in total. The summed E-state index contributed by atoms with van der Waals surface area (Å²) in [6.45, 7) is 8.99. The van der Waals surface area contributed by atoms with Crippen LogP contribution in [-0.4, -0.2) is 41.6 Å². The minimum atomic E-state index is -0.473. The lowest BCUT2D eigenvalue weighted by Gasteiger charge is -2.26. The summed E-state index contributed by atoms with van der Waals surface area (Å²) >= 11 is 0. The van der Waals surface area contributed by atoms with E-state index in [9.17, 15) is 9.59 Å². The minimum absolute atomic E-state index is 0.119. The minimum Gasteiger partial charge on any atom is -0.444 e. The zero-order valence-electron chi connectivity index (χ0n) is 14.1. The van der Waals surface area contributed by atoms with Crippen molar-refractivity contribution in [3.05, 3.63) is 11.6 Å². The van der Waals surface area contributed by atoms with Gasteiger partial charge in [0.15, 0.2) is 0 Å². The Hall–Kier alpha value is -1.52. The fraction of sp³-hybridized carbons (Fsp3) is 0.765. The maximum Gasteiger partial charge on any atom is 0.410 e. The average molecular weight is 308 g/mol. The van der Waals surface area contributed by atoms with Crippen molar-refractivity contribution in [2.24, 2.45) is 5.92 Å². The van der Waals surface area contributed by atoms with E-state index in [1.165, 1.54) is 5.57 Å². The van der Waals surface area contributed by atoms with Crippen LogP contribution in [-0.2, 0) is 9.53 Å². The lowest BCUT2D eigenvalue weighted by molar-refractivity contribution is -0.122. The summed E-state index contributed by atoms with van der Waals surface area (Å²) in [6, 6.07) is 0.186. The molecule has 2 aliphatic rings. The molecule has 0 bridgehead atoms. The maximum absolute atomic E-state index is 12.2. The number of fused-ring (bicyclic) bond motifs is 1. The van der Waals surface area contributed by atoms with Crippen LogP contribution in [0.1, 0.15) is 53.4 Å². The molecule has 2 amide bonds. The highest BCUT2D eigenvalue weighted by atomic mass is 16.6. The van der Waals surface area contributed by atoms with Crippen LogP contribution in [0.3, 0.4) is 0 Å². The number of hydrogen-bond donors (Lipinski definition) is 1. The van der Waals surface area contributed by atoms with E-state index in [0.717, 1.165) is 19.3 Å². The molecular weight excluding hydrogens is 280 g/mol. The molecule has 0 radical (unpaired) electrons. The normalized spacial score (nSPS) is 26.8. The number of nitrogens with one attached hydrogen (secondary N) is 1. The van der Waals surface area contributed by atoms with Crippen molar-refractivity contribution < 1.29 is 14.3 Å².